The van der Waals surface area contributed by atoms with Gasteiger partial charge in [-0.05, 0) is 37.3 Å². The van der Waals surface area contributed by atoms with Crippen molar-refractivity contribution in [2.45, 2.75) is 32.6 Å². The smallest absolute Gasteiger partial charge is 0.311 e. The summed E-state index contributed by atoms with van der Waals surface area (Å²) < 4.78 is 5.49. The maximum atomic E-state index is 10.9. The van der Waals surface area contributed by atoms with Crippen molar-refractivity contribution in [2.75, 3.05) is 11.9 Å². The van der Waals surface area contributed by atoms with Crippen LogP contribution in [0.4, 0.5) is 5.69 Å². The Kier molecular flexibility index (Phi) is 6.72. The van der Waals surface area contributed by atoms with Crippen molar-refractivity contribution in [3.63, 3.8) is 0 Å². The molecule has 1 aromatic carbocycles. The standard InChI is InChI=1S/C13H18BrNO3/c1-2-11-6-7-13(12(10-11)15(16)17)18-9-5-3-4-8-14/h6-7,10H,2-5,8-9H2,1H3. The van der Waals surface area contributed by atoms with E-state index in [1.54, 1.807) is 12.1 Å². The van der Waals surface area contributed by atoms with Gasteiger partial charge in [0, 0.05) is 11.4 Å². The number of hydrogen-bond donors (Lipinski definition) is 0. The molecule has 1 rings (SSSR count). The zero-order valence-corrected chi connectivity index (χ0v) is 12.1. The van der Waals surface area contributed by atoms with Crippen LogP contribution in [0.5, 0.6) is 5.75 Å². The van der Waals surface area contributed by atoms with Crippen LogP contribution in [0.1, 0.15) is 31.7 Å². The third-order valence-electron chi connectivity index (χ3n) is 2.66. The number of aryl methyl sites for hydroxylation is 1. The lowest BCUT2D eigenvalue weighted by Gasteiger charge is -2.07. The van der Waals surface area contributed by atoms with Crippen molar-refractivity contribution >= 4 is 21.6 Å². The summed E-state index contributed by atoms with van der Waals surface area (Å²) in [5.41, 5.74) is 1.02. The number of nitrogens with zero attached hydrogens (tertiary/aromatic N) is 1. The van der Waals surface area contributed by atoms with Crippen molar-refractivity contribution < 1.29 is 9.66 Å². The monoisotopic (exact) mass is 315 g/mol. The Morgan fingerprint density at radius 3 is 2.72 bits per heavy atom. The van der Waals surface area contributed by atoms with E-state index in [0.29, 0.717) is 12.4 Å². The van der Waals surface area contributed by atoms with Crippen molar-refractivity contribution in [3.05, 3.63) is 33.9 Å². The fourth-order valence-electron chi connectivity index (χ4n) is 1.60. The number of ether oxygens (including phenoxy) is 1. The molecule has 0 aromatic heterocycles. The first kappa shape index (κ1) is 15.0. The van der Waals surface area contributed by atoms with Gasteiger partial charge in [0.2, 0.25) is 0 Å². The van der Waals surface area contributed by atoms with Gasteiger partial charge in [-0.25, -0.2) is 0 Å². The number of benzene rings is 1. The summed E-state index contributed by atoms with van der Waals surface area (Å²) >= 11 is 3.36. The second-order valence-electron chi connectivity index (χ2n) is 4.01. The molecule has 0 radical (unpaired) electrons. The highest BCUT2D eigenvalue weighted by Crippen LogP contribution is 2.28. The Balaban J connectivity index is 2.61. The number of halogens is 1. The highest BCUT2D eigenvalue weighted by molar-refractivity contribution is 9.09. The molecule has 0 amide bonds. The second kappa shape index (κ2) is 8.08. The van der Waals surface area contributed by atoms with Gasteiger partial charge < -0.3 is 4.74 Å². The highest BCUT2D eigenvalue weighted by atomic mass is 79.9. The molecule has 0 spiro atoms. The Morgan fingerprint density at radius 1 is 1.33 bits per heavy atom. The molecule has 0 bridgehead atoms. The van der Waals surface area contributed by atoms with E-state index in [1.807, 2.05) is 13.0 Å². The predicted molar refractivity (Wildman–Crippen MR) is 75.6 cm³/mol. The molecule has 0 heterocycles. The third-order valence-corrected chi connectivity index (χ3v) is 3.22. The van der Waals surface area contributed by atoms with Crippen LogP contribution in [0, 0.1) is 10.1 Å². The van der Waals surface area contributed by atoms with Gasteiger partial charge >= 0.3 is 5.69 Å². The maximum Gasteiger partial charge on any atom is 0.311 e. The summed E-state index contributed by atoms with van der Waals surface area (Å²) in [5, 5.41) is 11.9. The molecular formula is C13H18BrNO3. The molecule has 0 saturated carbocycles. The second-order valence-corrected chi connectivity index (χ2v) is 4.80. The number of nitro benzene ring substituents is 1. The van der Waals surface area contributed by atoms with E-state index in [-0.39, 0.29) is 10.6 Å². The minimum atomic E-state index is -0.382. The SMILES string of the molecule is CCc1ccc(OCCCCCBr)c([N+](=O)[O-])c1. The van der Waals surface area contributed by atoms with Gasteiger partial charge in [0.1, 0.15) is 0 Å². The van der Waals surface area contributed by atoms with E-state index < -0.39 is 0 Å². The average Bonchev–Trinajstić information content (AvgIpc) is 2.38. The van der Waals surface area contributed by atoms with Gasteiger partial charge in [-0.2, -0.15) is 0 Å². The molecule has 0 atom stereocenters. The summed E-state index contributed by atoms with van der Waals surface area (Å²) in [6, 6.07) is 5.16. The summed E-state index contributed by atoms with van der Waals surface area (Å²) in [6.45, 7) is 2.50. The number of nitro groups is 1. The van der Waals surface area contributed by atoms with Gasteiger partial charge in [0.05, 0.1) is 11.5 Å². The molecule has 4 nitrogen and oxygen atoms in total. The van der Waals surface area contributed by atoms with E-state index in [4.69, 9.17) is 4.74 Å². The fourth-order valence-corrected chi connectivity index (χ4v) is 2.00. The Bertz CT molecular complexity index is 396. The molecule has 100 valence electrons. The van der Waals surface area contributed by atoms with Gasteiger partial charge in [0.15, 0.2) is 5.75 Å². The molecule has 0 saturated heterocycles. The molecule has 0 unspecified atom stereocenters. The number of alkyl halides is 1. The molecule has 0 N–H and O–H groups in total. The van der Waals surface area contributed by atoms with E-state index in [9.17, 15) is 10.1 Å². The molecule has 0 aliphatic carbocycles. The molecular weight excluding hydrogens is 298 g/mol. The Hall–Kier alpha value is -1.10. The largest absolute Gasteiger partial charge is 0.487 e. The lowest BCUT2D eigenvalue weighted by Crippen LogP contribution is -2.01. The van der Waals surface area contributed by atoms with Crippen molar-refractivity contribution in [1.29, 1.82) is 0 Å². The number of rotatable bonds is 8. The first-order valence-corrected chi connectivity index (χ1v) is 7.27. The predicted octanol–water partition coefficient (Wildman–Crippen LogP) is 4.10. The lowest BCUT2D eigenvalue weighted by atomic mass is 10.1. The van der Waals surface area contributed by atoms with E-state index >= 15 is 0 Å². The van der Waals surface area contributed by atoms with Gasteiger partial charge in [0.25, 0.3) is 0 Å². The summed E-state index contributed by atoms with van der Waals surface area (Å²) in [4.78, 5) is 10.6. The van der Waals surface area contributed by atoms with Crippen LogP contribution in [0.25, 0.3) is 0 Å². The first-order valence-electron chi connectivity index (χ1n) is 6.15. The summed E-state index contributed by atoms with van der Waals surface area (Å²) in [7, 11) is 0. The van der Waals surface area contributed by atoms with Crippen molar-refractivity contribution in [1.82, 2.24) is 0 Å². The van der Waals surface area contributed by atoms with Gasteiger partial charge in [-0.3, -0.25) is 10.1 Å². The number of hydrogen-bond acceptors (Lipinski definition) is 3. The normalized spacial score (nSPS) is 10.3. The zero-order chi connectivity index (χ0) is 13.4. The minimum Gasteiger partial charge on any atom is -0.487 e. The van der Waals surface area contributed by atoms with Gasteiger partial charge in [-0.1, -0.05) is 28.9 Å². The third kappa shape index (κ3) is 4.64. The van der Waals surface area contributed by atoms with E-state index in [1.165, 1.54) is 0 Å². The Morgan fingerprint density at radius 2 is 2.11 bits per heavy atom. The van der Waals surface area contributed by atoms with Gasteiger partial charge in [-0.15, -0.1) is 0 Å². The van der Waals surface area contributed by atoms with Crippen molar-refractivity contribution in [3.8, 4) is 5.75 Å². The quantitative estimate of drug-likeness (QED) is 0.314. The van der Waals surface area contributed by atoms with Crippen molar-refractivity contribution in [2.24, 2.45) is 0 Å². The van der Waals surface area contributed by atoms with Crippen LogP contribution in [-0.4, -0.2) is 16.9 Å². The van der Waals surface area contributed by atoms with E-state index in [2.05, 4.69) is 15.9 Å². The molecule has 0 fully saturated rings. The zero-order valence-electron chi connectivity index (χ0n) is 10.5. The molecule has 0 aliphatic rings. The minimum absolute atomic E-state index is 0.0647. The average molecular weight is 316 g/mol. The van der Waals surface area contributed by atoms with Crippen LogP contribution >= 0.6 is 15.9 Å². The number of unbranched alkanes of at least 4 members (excludes halogenated alkanes) is 2. The Labute approximate surface area is 116 Å². The molecule has 18 heavy (non-hydrogen) atoms. The first-order chi connectivity index (χ1) is 8.69. The van der Waals surface area contributed by atoms with Crippen LogP contribution in [0.3, 0.4) is 0 Å². The van der Waals surface area contributed by atoms with E-state index in [0.717, 1.165) is 36.6 Å². The lowest BCUT2D eigenvalue weighted by molar-refractivity contribution is -0.385. The summed E-state index contributed by atoms with van der Waals surface area (Å²) in [6.07, 6.45) is 3.86. The van der Waals surface area contributed by atoms with Crippen LogP contribution in [0.15, 0.2) is 18.2 Å². The molecule has 0 aliphatic heterocycles. The maximum absolute atomic E-state index is 10.9. The summed E-state index contributed by atoms with van der Waals surface area (Å²) in [5.74, 6) is 0.371. The fraction of sp³-hybridized carbons (Fsp3) is 0.538. The molecule has 1 aromatic rings. The highest BCUT2D eigenvalue weighted by Gasteiger charge is 2.15. The van der Waals surface area contributed by atoms with Crippen LogP contribution < -0.4 is 4.74 Å². The van der Waals surface area contributed by atoms with Crippen LogP contribution in [-0.2, 0) is 6.42 Å². The molecule has 5 heteroatoms. The topological polar surface area (TPSA) is 52.4 Å². The van der Waals surface area contributed by atoms with Crippen LogP contribution in [0.2, 0.25) is 0 Å².